The Kier molecular flexibility index (Phi) is 4.30. The summed E-state index contributed by atoms with van der Waals surface area (Å²) >= 11 is 0. The van der Waals surface area contributed by atoms with E-state index in [4.69, 9.17) is 5.11 Å². The Labute approximate surface area is 125 Å². The fourth-order valence-electron chi connectivity index (χ4n) is 2.05. The summed E-state index contributed by atoms with van der Waals surface area (Å²) in [4.78, 5) is 3.68. The van der Waals surface area contributed by atoms with Gasteiger partial charge in [-0.05, 0) is 11.6 Å². The van der Waals surface area contributed by atoms with Crippen molar-refractivity contribution in [1.82, 2.24) is 9.55 Å². The van der Waals surface area contributed by atoms with E-state index in [0.29, 0.717) is 0 Å². The molecule has 0 bridgehead atoms. The van der Waals surface area contributed by atoms with Crippen LogP contribution in [0.4, 0.5) is 13.2 Å². The van der Waals surface area contributed by atoms with Gasteiger partial charge in [-0.25, -0.2) is 13.4 Å². The number of halogens is 3. The fourth-order valence-corrected chi connectivity index (χ4v) is 3.59. The van der Waals surface area contributed by atoms with Gasteiger partial charge < -0.3 is 9.67 Å². The molecule has 1 aromatic carbocycles. The molecule has 5 nitrogen and oxygen atoms in total. The Hall–Kier alpha value is -1.87. The number of sulfone groups is 1. The number of imidazole rings is 1. The van der Waals surface area contributed by atoms with Crippen LogP contribution in [0.25, 0.3) is 0 Å². The van der Waals surface area contributed by atoms with Crippen molar-refractivity contribution < 1.29 is 26.7 Å². The van der Waals surface area contributed by atoms with E-state index in [0.717, 1.165) is 16.7 Å². The average Bonchev–Trinajstić information content (AvgIpc) is 2.79. The van der Waals surface area contributed by atoms with Crippen molar-refractivity contribution in [2.75, 3.05) is 0 Å². The van der Waals surface area contributed by atoms with E-state index in [1.54, 1.807) is 0 Å². The molecule has 2 aromatic rings. The molecule has 0 aliphatic heterocycles. The zero-order valence-corrected chi connectivity index (χ0v) is 12.3. The lowest BCUT2D eigenvalue weighted by Crippen LogP contribution is -2.16. The average molecular weight is 334 g/mol. The van der Waals surface area contributed by atoms with Gasteiger partial charge in [0.25, 0.3) is 0 Å². The second-order valence-corrected chi connectivity index (χ2v) is 6.55. The third-order valence-electron chi connectivity index (χ3n) is 3.15. The molecule has 0 spiro atoms. The first-order valence-corrected chi connectivity index (χ1v) is 7.81. The number of benzene rings is 1. The molecule has 0 saturated carbocycles. The number of aromatic nitrogens is 2. The first-order chi connectivity index (χ1) is 10.2. The van der Waals surface area contributed by atoms with Crippen LogP contribution in [-0.4, -0.2) is 23.1 Å². The van der Waals surface area contributed by atoms with Crippen molar-refractivity contribution in [3.05, 3.63) is 47.3 Å². The topological polar surface area (TPSA) is 72.2 Å². The molecule has 1 N–H and O–H groups in total. The van der Waals surface area contributed by atoms with Crippen LogP contribution in [0.2, 0.25) is 0 Å². The highest BCUT2D eigenvalue weighted by molar-refractivity contribution is 7.90. The molecule has 0 fully saturated rings. The van der Waals surface area contributed by atoms with Crippen molar-refractivity contribution in [1.29, 1.82) is 0 Å². The molecule has 0 aliphatic carbocycles. The third-order valence-corrected chi connectivity index (χ3v) is 4.78. The number of aliphatic hydroxyl groups is 1. The van der Waals surface area contributed by atoms with Gasteiger partial charge in [-0.15, -0.1) is 0 Å². The standard InChI is InChI=1S/C13H13F3N2O3S/c1-18-10(7-19)6-17-12(18)22(20,21)8-9-4-2-3-5-11(9)13(14,15)16/h2-6,19H,7-8H2,1H3. The first kappa shape index (κ1) is 16.5. The van der Waals surface area contributed by atoms with Crippen LogP contribution in [-0.2, 0) is 35.4 Å². The lowest BCUT2D eigenvalue weighted by Gasteiger charge is -2.13. The van der Waals surface area contributed by atoms with E-state index in [9.17, 15) is 21.6 Å². The van der Waals surface area contributed by atoms with Gasteiger partial charge in [0.2, 0.25) is 15.0 Å². The number of alkyl halides is 3. The molecule has 9 heteroatoms. The minimum absolute atomic E-state index is 0.252. The molecular weight excluding hydrogens is 321 g/mol. The Morgan fingerprint density at radius 2 is 1.91 bits per heavy atom. The molecule has 120 valence electrons. The minimum atomic E-state index is -4.63. The summed E-state index contributed by atoms with van der Waals surface area (Å²) < 4.78 is 64.5. The molecule has 22 heavy (non-hydrogen) atoms. The van der Waals surface area contributed by atoms with Crippen molar-refractivity contribution >= 4 is 9.84 Å². The Balaban J connectivity index is 2.44. The van der Waals surface area contributed by atoms with Crippen LogP contribution in [0.1, 0.15) is 16.8 Å². The van der Waals surface area contributed by atoms with E-state index in [1.807, 2.05) is 0 Å². The maximum Gasteiger partial charge on any atom is 0.416 e. The number of rotatable bonds is 4. The molecule has 0 unspecified atom stereocenters. The summed E-state index contributed by atoms with van der Waals surface area (Å²) in [6.07, 6.45) is -3.47. The van der Waals surface area contributed by atoms with Gasteiger partial charge >= 0.3 is 6.18 Å². The Bertz CT molecular complexity index is 782. The molecule has 1 aromatic heterocycles. The Morgan fingerprint density at radius 3 is 2.45 bits per heavy atom. The Morgan fingerprint density at radius 1 is 1.27 bits per heavy atom. The summed E-state index contributed by atoms with van der Waals surface area (Å²) in [6.45, 7) is -0.418. The second kappa shape index (κ2) is 5.73. The summed E-state index contributed by atoms with van der Waals surface area (Å²) in [6, 6.07) is 4.50. The molecule has 1 heterocycles. The van der Waals surface area contributed by atoms with Crippen LogP contribution in [0.3, 0.4) is 0 Å². The predicted octanol–water partition coefficient (Wildman–Crippen LogP) is 1.91. The van der Waals surface area contributed by atoms with Gasteiger partial charge in [0.15, 0.2) is 0 Å². The van der Waals surface area contributed by atoms with Gasteiger partial charge in [0.1, 0.15) is 0 Å². The normalized spacial score (nSPS) is 12.6. The fraction of sp³-hybridized carbons (Fsp3) is 0.308. The van der Waals surface area contributed by atoms with Gasteiger partial charge in [0.05, 0.1) is 29.8 Å². The SMILES string of the molecule is Cn1c(CO)cnc1S(=O)(=O)Cc1ccccc1C(F)(F)F. The van der Waals surface area contributed by atoms with E-state index < -0.39 is 33.9 Å². The van der Waals surface area contributed by atoms with E-state index in [2.05, 4.69) is 4.98 Å². The highest BCUT2D eigenvalue weighted by Gasteiger charge is 2.34. The van der Waals surface area contributed by atoms with Crippen LogP contribution in [0.15, 0.2) is 35.6 Å². The molecule has 0 amide bonds. The highest BCUT2D eigenvalue weighted by Crippen LogP contribution is 2.33. The van der Waals surface area contributed by atoms with Crippen LogP contribution < -0.4 is 0 Å². The molecule has 0 aliphatic rings. The smallest absolute Gasteiger partial charge is 0.390 e. The highest BCUT2D eigenvalue weighted by atomic mass is 32.2. The molecule has 0 atom stereocenters. The summed E-state index contributed by atoms with van der Waals surface area (Å²) in [5.41, 5.74) is -1.08. The largest absolute Gasteiger partial charge is 0.416 e. The van der Waals surface area contributed by atoms with Crippen LogP contribution in [0, 0.1) is 0 Å². The molecule has 0 saturated heterocycles. The maximum absolute atomic E-state index is 12.9. The number of hydrogen-bond acceptors (Lipinski definition) is 4. The second-order valence-electron chi connectivity index (χ2n) is 4.66. The van der Waals surface area contributed by atoms with Crippen LogP contribution in [0.5, 0.6) is 0 Å². The molecular formula is C13H13F3N2O3S. The quantitative estimate of drug-likeness (QED) is 0.927. The van der Waals surface area contributed by atoms with Gasteiger partial charge in [-0.3, -0.25) is 0 Å². The molecule has 2 rings (SSSR count). The minimum Gasteiger partial charge on any atom is -0.390 e. The predicted molar refractivity (Wildman–Crippen MR) is 71.5 cm³/mol. The summed E-state index contributed by atoms with van der Waals surface area (Å²) in [5.74, 6) is -0.821. The van der Waals surface area contributed by atoms with Crippen molar-refractivity contribution in [2.45, 2.75) is 23.7 Å². The number of hydrogen-bond donors (Lipinski definition) is 1. The monoisotopic (exact) mass is 334 g/mol. The van der Waals surface area contributed by atoms with E-state index in [1.165, 1.54) is 25.4 Å². The van der Waals surface area contributed by atoms with Crippen molar-refractivity contribution in [2.24, 2.45) is 7.05 Å². The first-order valence-electron chi connectivity index (χ1n) is 6.16. The number of aliphatic hydroxyl groups excluding tert-OH is 1. The molecule has 0 radical (unpaired) electrons. The van der Waals surface area contributed by atoms with Crippen molar-refractivity contribution in [3.63, 3.8) is 0 Å². The zero-order valence-electron chi connectivity index (χ0n) is 11.5. The van der Waals surface area contributed by atoms with Gasteiger partial charge in [0, 0.05) is 7.05 Å². The zero-order chi connectivity index (χ0) is 16.5. The van der Waals surface area contributed by atoms with Crippen LogP contribution >= 0.6 is 0 Å². The summed E-state index contributed by atoms with van der Waals surface area (Å²) in [5, 5.41) is 8.65. The lowest BCUT2D eigenvalue weighted by molar-refractivity contribution is -0.138. The van der Waals surface area contributed by atoms with Gasteiger partial charge in [-0.2, -0.15) is 13.2 Å². The maximum atomic E-state index is 12.9. The third kappa shape index (κ3) is 3.14. The lowest BCUT2D eigenvalue weighted by atomic mass is 10.1. The number of nitrogens with zero attached hydrogens (tertiary/aromatic N) is 2. The van der Waals surface area contributed by atoms with Crippen molar-refractivity contribution in [3.8, 4) is 0 Å². The summed E-state index contributed by atoms with van der Waals surface area (Å²) in [7, 11) is -2.70. The van der Waals surface area contributed by atoms with Gasteiger partial charge in [-0.1, -0.05) is 18.2 Å². The van der Waals surface area contributed by atoms with E-state index in [-0.39, 0.29) is 16.4 Å². The van der Waals surface area contributed by atoms with E-state index >= 15 is 0 Å².